The van der Waals surface area contributed by atoms with Crippen molar-refractivity contribution in [2.75, 3.05) is 13.1 Å². The van der Waals surface area contributed by atoms with E-state index >= 15 is 0 Å². The smallest absolute Gasteiger partial charge is 0.255 e. The Hall–Kier alpha value is -2.83. The van der Waals surface area contributed by atoms with Crippen LogP contribution in [0.2, 0.25) is 0 Å². The van der Waals surface area contributed by atoms with E-state index in [-0.39, 0.29) is 17.5 Å². The van der Waals surface area contributed by atoms with Gasteiger partial charge in [-0.2, -0.15) is 0 Å². The second-order valence-electron chi connectivity index (χ2n) is 5.91. The summed E-state index contributed by atoms with van der Waals surface area (Å²) in [7, 11) is 0. The molecule has 2 heterocycles. The third kappa shape index (κ3) is 3.99. The maximum absolute atomic E-state index is 13.2. The Morgan fingerprint density at radius 2 is 1.84 bits per heavy atom. The average Bonchev–Trinajstić information content (AvgIpc) is 2.64. The van der Waals surface area contributed by atoms with E-state index in [1.54, 1.807) is 23.2 Å². The fraction of sp³-hybridized carbons (Fsp3) is 0.278. The number of pyridine rings is 1. The Morgan fingerprint density at radius 3 is 2.48 bits per heavy atom. The topological polar surface area (TPSA) is 62.3 Å². The molecule has 0 radical (unpaired) electrons. The van der Waals surface area contributed by atoms with Gasteiger partial charge in [0, 0.05) is 37.1 Å². The van der Waals surface area contributed by atoms with Crippen molar-refractivity contribution in [3.63, 3.8) is 0 Å². The first-order valence-electron chi connectivity index (χ1n) is 8.00. The van der Waals surface area contributed by atoms with Crippen LogP contribution in [0.25, 0.3) is 0 Å². The van der Waals surface area contributed by atoms with Crippen LogP contribution >= 0.6 is 0 Å². The Bertz CT molecular complexity index is 775. The highest BCUT2D eigenvalue weighted by atomic mass is 19.2. The number of hydrogen-bond acceptors (Lipinski definition) is 3. The molecule has 0 saturated carbocycles. The predicted octanol–water partition coefficient (Wildman–Crippen LogP) is 2.39. The van der Waals surface area contributed by atoms with Crippen molar-refractivity contribution < 1.29 is 18.4 Å². The van der Waals surface area contributed by atoms with Crippen molar-refractivity contribution in [3.8, 4) is 0 Å². The highest BCUT2D eigenvalue weighted by Crippen LogP contribution is 2.15. The average molecular weight is 345 g/mol. The summed E-state index contributed by atoms with van der Waals surface area (Å²) in [5.41, 5.74) is 0.611. The second kappa shape index (κ2) is 7.38. The first-order valence-corrected chi connectivity index (χ1v) is 8.00. The molecule has 1 N–H and O–H groups in total. The maximum atomic E-state index is 13.2. The zero-order valence-corrected chi connectivity index (χ0v) is 13.4. The molecular formula is C18H17F2N3O2. The third-order valence-electron chi connectivity index (χ3n) is 4.21. The molecule has 1 aliphatic rings. The van der Waals surface area contributed by atoms with Crippen LogP contribution in [0, 0.1) is 11.6 Å². The van der Waals surface area contributed by atoms with E-state index in [4.69, 9.17) is 0 Å². The van der Waals surface area contributed by atoms with Crippen molar-refractivity contribution in [1.29, 1.82) is 0 Å². The van der Waals surface area contributed by atoms with E-state index in [0.29, 0.717) is 31.5 Å². The highest BCUT2D eigenvalue weighted by Gasteiger charge is 2.25. The van der Waals surface area contributed by atoms with E-state index < -0.39 is 17.5 Å². The number of aromatic nitrogens is 1. The molecule has 5 nitrogen and oxygen atoms in total. The third-order valence-corrected chi connectivity index (χ3v) is 4.21. The van der Waals surface area contributed by atoms with Gasteiger partial charge in [-0.1, -0.05) is 0 Å². The second-order valence-corrected chi connectivity index (χ2v) is 5.91. The van der Waals surface area contributed by atoms with Crippen molar-refractivity contribution in [3.05, 3.63) is 65.5 Å². The normalized spacial score (nSPS) is 15.0. The Balaban J connectivity index is 1.54. The van der Waals surface area contributed by atoms with Crippen LogP contribution in [0.4, 0.5) is 8.78 Å². The van der Waals surface area contributed by atoms with E-state index in [1.807, 2.05) is 0 Å². The molecule has 7 heteroatoms. The van der Waals surface area contributed by atoms with Gasteiger partial charge >= 0.3 is 0 Å². The minimum Gasteiger partial charge on any atom is -0.349 e. The molecule has 1 fully saturated rings. The number of piperidine rings is 1. The fourth-order valence-electron chi connectivity index (χ4n) is 2.80. The molecule has 0 unspecified atom stereocenters. The summed E-state index contributed by atoms with van der Waals surface area (Å²) in [6.07, 6.45) is 4.33. The highest BCUT2D eigenvalue weighted by molar-refractivity contribution is 5.95. The monoisotopic (exact) mass is 345 g/mol. The van der Waals surface area contributed by atoms with E-state index in [2.05, 4.69) is 10.3 Å². The van der Waals surface area contributed by atoms with Crippen molar-refractivity contribution in [1.82, 2.24) is 15.2 Å². The number of amides is 2. The van der Waals surface area contributed by atoms with Gasteiger partial charge < -0.3 is 10.2 Å². The van der Waals surface area contributed by atoms with Gasteiger partial charge in [-0.05, 0) is 43.2 Å². The Kier molecular flexibility index (Phi) is 5.02. The summed E-state index contributed by atoms with van der Waals surface area (Å²) in [6, 6.07) is 6.37. The molecule has 130 valence electrons. The summed E-state index contributed by atoms with van der Waals surface area (Å²) in [6.45, 7) is 1.02. The standard InChI is InChI=1S/C18H17F2N3O2/c19-15-4-3-12(10-16(15)20)17(24)22-14-5-8-23(9-6-14)18(25)13-2-1-7-21-11-13/h1-4,7,10-11,14H,5-6,8-9H2,(H,22,24). The minimum absolute atomic E-state index is 0.0766. The van der Waals surface area contributed by atoms with Crippen LogP contribution in [0.1, 0.15) is 33.6 Å². The zero-order chi connectivity index (χ0) is 17.8. The Labute approximate surface area is 143 Å². The lowest BCUT2D eigenvalue weighted by Crippen LogP contribution is -2.46. The Morgan fingerprint density at radius 1 is 1.08 bits per heavy atom. The summed E-state index contributed by atoms with van der Waals surface area (Å²) >= 11 is 0. The van der Waals surface area contributed by atoms with Crippen molar-refractivity contribution in [2.24, 2.45) is 0 Å². The van der Waals surface area contributed by atoms with Gasteiger partial charge in [0.2, 0.25) is 0 Å². The van der Waals surface area contributed by atoms with E-state index in [0.717, 1.165) is 12.1 Å². The maximum Gasteiger partial charge on any atom is 0.255 e. The number of halogens is 2. The number of nitrogens with one attached hydrogen (secondary N) is 1. The molecule has 1 saturated heterocycles. The molecule has 3 rings (SSSR count). The van der Waals surface area contributed by atoms with Crippen LogP contribution in [0.15, 0.2) is 42.7 Å². The molecule has 2 amide bonds. The van der Waals surface area contributed by atoms with Gasteiger partial charge in [0.05, 0.1) is 5.56 Å². The van der Waals surface area contributed by atoms with Gasteiger partial charge in [0.15, 0.2) is 11.6 Å². The van der Waals surface area contributed by atoms with Crippen LogP contribution in [-0.2, 0) is 0 Å². The first-order chi connectivity index (χ1) is 12.0. The molecule has 25 heavy (non-hydrogen) atoms. The molecule has 1 aromatic heterocycles. The van der Waals surface area contributed by atoms with Crippen LogP contribution in [0.5, 0.6) is 0 Å². The van der Waals surface area contributed by atoms with Crippen molar-refractivity contribution in [2.45, 2.75) is 18.9 Å². The number of carbonyl (C=O) groups excluding carboxylic acids is 2. The minimum atomic E-state index is -1.05. The molecule has 1 aliphatic heterocycles. The first kappa shape index (κ1) is 17.0. The van der Waals surface area contributed by atoms with E-state index in [1.165, 1.54) is 12.3 Å². The summed E-state index contributed by atoms with van der Waals surface area (Å²) in [5.74, 6) is -2.57. The largest absolute Gasteiger partial charge is 0.349 e. The number of benzene rings is 1. The quantitative estimate of drug-likeness (QED) is 0.929. The van der Waals surface area contributed by atoms with Crippen LogP contribution in [-0.4, -0.2) is 40.8 Å². The summed E-state index contributed by atoms with van der Waals surface area (Å²) in [4.78, 5) is 30.1. The van der Waals surface area contributed by atoms with Gasteiger partial charge in [-0.3, -0.25) is 14.6 Å². The number of carbonyl (C=O) groups is 2. The van der Waals surface area contributed by atoms with Crippen molar-refractivity contribution >= 4 is 11.8 Å². The fourth-order valence-corrected chi connectivity index (χ4v) is 2.80. The summed E-state index contributed by atoms with van der Waals surface area (Å²) < 4.78 is 26.1. The molecule has 1 aromatic carbocycles. The lowest BCUT2D eigenvalue weighted by atomic mass is 10.0. The number of nitrogens with zero attached hydrogens (tertiary/aromatic N) is 2. The predicted molar refractivity (Wildman–Crippen MR) is 87.0 cm³/mol. The molecule has 0 bridgehead atoms. The molecule has 2 aromatic rings. The molecule has 0 spiro atoms. The van der Waals surface area contributed by atoms with Gasteiger partial charge in [-0.25, -0.2) is 8.78 Å². The number of hydrogen-bond donors (Lipinski definition) is 1. The van der Waals surface area contributed by atoms with E-state index in [9.17, 15) is 18.4 Å². The van der Waals surface area contributed by atoms with Crippen LogP contribution < -0.4 is 5.32 Å². The lowest BCUT2D eigenvalue weighted by Gasteiger charge is -2.32. The molecule has 0 aliphatic carbocycles. The van der Waals surface area contributed by atoms with Crippen LogP contribution in [0.3, 0.4) is 0 Å². The SMILES string of the molecule is O=C(NC1CCN(C(=O)c2cccnc2)CC1)c1ccc(F)c(F)c1. The lowest BCUT2D eigenvalue weighted by molar-refractivity contribution is 0.0697. The number of rotatable bonds is 3. The number of likely N-dealkylation sites (tertiary alicyclic amines) is 1. The van der Waals surface area contributed by atoms with Gasteiger partial charge in [0.25, 0.3) is 11.8 Å². The zero-order valence-electron chi connectivity index (χ0n) is 13.4. The van der Waals surface area contributed by atoms with Gasteiger partial charge in [0.1, 0.15) is 0 Å². The van der Waals surface area contributed by atoms with Gasteiger partial charge in [-0.15, -0.1) is 0 Å². The summed E-state index contributed by atoms with van der Waals surface area (Å²) in [5, 5.41) is 2.80. The molecule has 0 atom stereocenters. The molecular weight excluding hydrogens is 328 g/mol.